The molecule has 3 rings (SSSR count). The first-order chi connectivity index (χ1) is 11.8. The highest BCUT2D eigenvalue weighted by Gasteiger charge is 2.33. The van der Waals surface area contributed by atoms with Crippen LogP contribution in [0.1, 0.15) is 13.8 Å². The van der Waals surface area contributed by atoms with Crippen LogP contribution < -0.4 is 10.2 Å². The van der Waals surface area contributed by atoms with Crippen molar-refractivity contribution in [1.82, 2.24) is 0 Å². The molecule has 0 unspecified atom stereocenters. The molecule has 2 amide bonds. The summed E-state index contributed by atoms with van der Waals surface area (Å²) in [5.74, 6) is -0.356. The van der Waals surface area contributed by atoms with Crippen LogP contribution in [0.15, 0.2) is 53.5 Å². The van der Waals surface area contributed by atoms with Crippen molar-refractivity contribution in [2.75, 3.05) is 16.8 Å². The lowest BCUT2D eigenvalue weighted by Crippen LogP contribution is -2.38. The van der Waals surface area contributed by atoms with Gasteiger partial charge in [-0.2, -0.15) is 0 Å². The van der Waals surface area contributed by atoms with Gasteiger partial charge in [-0.25, -0.2) is 14.1 Å². The molecule has 0 atom stereocenters. The van der Waals surface area contributed by atoms with Crippen LogP contribution in [-0.2, 0) is 0 Å². The average Bonchev–Trinajstić information content (AvgIpc) is 2.91. The number of benzene rings is 2. The summed E-state index contributed by atoms with van der Waals surface area (Å²) in [6, 6.07) is 12.2. The van der Waals surface area contributed by atoms with Gasteiger partial charge in [0.05, 0.1) is 12.2 Å². The van der Waals surface area contributed by atoms with Gasteiger partial charge in [-0.3, -0.25) is 4.99 Å². The van der Waals surface area contributed by atoms with Crippen LogP contribution in [0.3, 0.4) is 0 Å². The van der Waals surface area contributed by atoms with Crippen molar-refractivity contribution in [2.24, 2.45) is 4.99 Å². The molecule has 130 valence electrons. The normalized spacial score (nSPS) is 15.6. The van der Waals surface area contributed by atoms with E-state index in [9.17, 15) is 9.18 Å². The standard InChI is InChI=1S/C18H17ClFN3OS/c1-18(2)11-21-17(25-18)23(15-9-3-12(19)4-10-15)16(24)22-14-7-5-13(20)6-8-14/h3-10H,11H2,1-2H3,(H,22,24). The van der Waals surface area contributed by atoms with E-state index in [0.29, 0.717) is 28.1 Å². The number of amides is 2. The maximum atomic E-state index is 13.1. The van der Waals surface area contributed by atoms with Crippen LogP contribution in [0.4, 0.5) is 20.6 Å². The van der Waals surface area contributed by atoms with Gasteiger partial charge in [-0.15, -0.1) is 0 Å². The van der Waals surface area contributed by atoms with Crippen molar-refractivity contribution < 1.29 is 9.18 Å². The number of halogens is 2. The molecule has 0 radical (unpaired) electrons. The predicted octanol–water partition coefficient (Wildman–Crippen LogP) is 5.40. The summed E-state index contributed by atoms with van der Waals surface area (Å²) in [6.45, 7) is 4.78. The molecule has 0 aromatic heterocycles. The minimum Gasteiger partial charge on any atom is -0.307 e. The average molecular weight is 378 g/mol. The highest BCUT2D eigenvalue weighted by atomic mass is 35.5. The van der Waals surface area contributed by atoms with Gasteiger partial charge < -0.3 is 5.32 Å². The van der Waals surface area contributed by atoms with Crippen LogP contribution in [-0.4, -0.2) is 22.5 Å². The van der Waals surface area contributed by atoms with Crippen LogP contribution in [0.5, 0.6) is 0 Å². The molecule has 0 saturated carbocycles. The Kier molecular flexibility index (Phi) is 5.01. The number of hydrogen-bond acceptors (Lipinski definition) is 3. The molecule has 0 fully saturated rings. The predicted molar refractivity (Wildman–Crippen MR) is 103 cm³/mol. The summed E-state index contributed by atoms with van der Waals surface area (Å²) in [7, 11) is 0. The second kappa shape index (κ2) is 7.06. The first-order valence-electron chi connectivity index (χ1n) is 7.70. The van der Waals surface area contributed by atoms with Gasteiger partial charge in [0.1, 0.15) is 5.82 Å². The second-order valence-corrected chi connectivity index (χ2v) is 8.32. The number of thioether (sulfide) groups is 1. The van der Waals surface area contributed by atoms with Gasteiger partial charge in [0.2, 0.25) is 0 Å². The zero-order chi connectivity index (χ0) is 18.0. The van der Waals surface area contributed by atoms with E-state index >= 15 is 0 Å². The van der Waals surface area contributed by atoms with Crippen molar-refractivity contribution in [1.29, 1.82) is 0 Å². The van der Waals surface area contributed by atoms with Gasteiger partial charge in [-0.1, -0.05) is 23.4 Å². The van der Waals surface area contributed by atoms with Crippen molar-refractivity contribution in [3.05, 3.63) is 59.4 Å². The van der Waals surface area contributed by atoms with Gasteiger partial charge in [-0.05, 0) is 62.4 Å². The number of carbonyl (C=O) groups excluding carboxylic acids is 1. The highest BCUT2D eigenvalue weighted by molar-refractivity contribution is 8.15. The van der Waals surface area contributed by atoms with E-state index in [4.69, 9.17) is 11.6 Å². The molecule has 0 saturated heterocycles. The van der Waals surface area contributed by atoms with Crippen LogP contribution in [0.25, 0.3) is 0 Å². The first kappa shape index (κ1) is 17.8. The quantitative estimate of drug-likeness (QED) is 0.761. The molecular formula is C18H17ClFN3OS. The Labute approximate surface area is 155 Å². The fourth-order valence-electron chi connectivity index (χ4n) is 2.30. The molecule has 2 aromatic carbocycles. The molecule has 1 N–H and O–H groups in total. The maximum absolute atomic E-state index is 13.1. The van der Waals surface area contributed by atoms with Gasteiger partial charge in [0.25, 0.3) is 0 Å². The lowest BCUT2D eigenvalue weighted by molar-refractivity contribution is 0.259. The molecule has 0 bridgehead atoms. The third kappa shape index (κ3) is 4.32. The van der Waals surface area contributed by atoms with E-state index in [0.717, 1.165) is 0 Å². The van der Waals surface area contributed by atoms with E-state index in [-0.39, 0.29) is 16.6 Å². The molecule has 7 heteroatoms. The topological polar surface area (TPSA) is 44.7 Å². The molecule has 1 aliphatic heterocycles. The smallest absolute Gasteiger partial charge is 0.307 e. The van der Waals surface area contributed by atoms with E-state index < -0.39 is 0 Å². The minimum absolute atomic E-state index is 0.0732. The van der Waals surface area contributed by atoms with Crippen molar-refractivity contribution >= 4 is 45.9 Å². The third-order valence-corrected chi connectivity index (χ3v) is 4.97. The Balaban J connectivity index is 1.89. The first-order valence-corrected chi connectivity index (χ1v) is 8.89. The van der Waals surface area contributed by atoms with Crippen molar-refractivity contribution in [3.63, 3.8) is 0 Å². The summed E-state index contributed by atoms with van der Waals surface area (Å²) >= 11 is 7.49. The summed E-state index contributed by atoms with van der Waals surface area (Å²) in [5, 5.41) is 3.98. The highest BCUT2D eigenvalue weighted by Crippen LogP contribution is 2.35. The van der Waals surface area contributed by atoms with Crippen LogP contribution >= 0.6 is 23.4 Å². The van der Waals surface area contributed by atoms with E-state index in [1.807, 2.05) is 0 Å². The van der Waals surface area contributed by atoms with Gasteiger partial charge >= 0.3 is 6.03 Å². The Morgan fingerprint density at radius 1 is 1.20 bits per heavy atom. The Bertz CT molecular complexity index is 806. The fraction of sp³-hybridized carbons (Fsp3) is 0.222. The summed E-state index contributed by atoms with van der Waals surface area (Å²) in [6.07, 6.45) is 0. The summed E-state index contributed by atoms with van der Waals surface area (Å²) in [4.78, 5) is 18.9. The third-order valence-electron chi connectivity index (χ3n) is 3.54. The number of anilines is 2. The molecule has 0 spiro atoms. The summed E-state index contributed by atoms with van der Waals surface area (Å²) < 4.78 is 13.0. The zero-order valence-electron chi connectivity index (χ0n) is 13.8. The number of aliphatic imine (C=N–C) groups is 1. The summed E-state index contributed by atoms with van der Waals surface area (Å²) in [5.41, 5.74) is 1.17. The van der Waals surface area contributed by atoms with E-state index in [1.54, 1.807) is 24.3 Å². The monoisotopic (exact) mass is 377 g/mol. The fourth-order valence-corrected chi connectivity index (χ4v) is 3.46. The lowest BCUT2D eigenvalue weighted by atomic mass is 10.2. The second-order valence-electron chi connectivity index (χ2n) is 6.21. The van der Waals surface area contributed by atoms with Gasteiger partial charge in [0, 0.05) is 15.5 Å². The number of urea groups is 1. The number of nitrogens with one attached hydrogen (secondary N) is 1. The lowest BCUT2D eigenvalue weighted by Gasteiger charge is -2.24. The number of amidine groups is 1. The van der Waals surface area contributed by atoms with Crippen LogP contribution in [0, 0.1) is 5.82 Å². The SMILES string of the molecule is CC1(C)CN=C(N(C(=O)Nc2ccc(F)cc2)c2ccc(Cl)cc2)S1. The molecule has 1 heterocycles. The maximum Gasteiger partial charge on any atom is 0.332 e. The molecule has 4 nitrogen and oxygen atoms in total. The van der Waals surface area contributed by atoms with Gasteiger partial charge in [0.15, 0.2) is 5.17 Å². The molecule has 2 aromatic rings. The molecule has 25 heavy (non-hydrogen) atoms. The Morgan fingerprint density at radius 2 is 1.84 bits per heavy atom. The number of hydrogen-bond donors (Lipinski definition) is 1. The number of carbonyl (C=O) groups is 1. The zero-order valence-corrected chi connectivity index (χ0v) is 15.4. The molecular weight excluding hydrogens is 361 g/mol. The Morgan fingerprint density at radius 3 is 2.40 bits per heavy atom. The van der Waals surface area contributed by atoms with Crippen molar-refractivity contribution in [3.8, 4) is 0 Å². The molecule has 0 aliphatic carbocycles. The van der Waals surface area contributed by atoms with E-state index in [1.165, 1.54) is 40.9 Å². The minimum atomic E-state index is -0.363. The Hall–Kier alpha value is -2.05. The largest absolute Gasteiger partial charge is 0.332 e. The molecule has 1 aliphatic rings. The van der Waals surface area contributed by atoms with E-state index in [2.05, 4.69) is 24.2 Å². The van der Waals surface area contributed by atoms with Crippen molar-refractivity contribution in [2.45, 2.75) is 18.6 Å². The number of nitrogens with zero attached hydrogens (tertiary/aromatic N) is 2. The van der Waals surface area contributed by atoms with Crippen LogP contribution in [0.2, 0.25) is 5.02 Å². The number of rotatable bonds is 2.